The Bertz CT molecular complexity index is 598. The van der Waals surface area contributed by atoms with E-state index in [0.717, 1.165) is 11.3 Å². The molecule has 0 aliphatic carbocycles. The second-order valence-corrected chi connectivity index (χ2v) is 5.56. The Kier molecular flexibility index (Phi) is 4.92. The summed E-state index contributed by atoms with van der Waals surface area (Å²) in [4.78, 5) is 24.8. The van der Waals surface area contributed by atoms with Crippen LogP contribution in [0.5, 0.6) is 0 Å². The van der Waals surface area contributed by atoms with Gasteiger partial charge in [-0.15, -0.1) is 0 Å². The fourth-order valence-corrected chi connectivity index (χ4v) is 2.67. The highest BCUT2D eigenvalue weighted by molar-refractivity contribution is 6.27. The molecule has 1 heterocycles. The van der Waals surface area contributed by atoms with Crippen molar-refractivity contribution in [3.8, 4) is 0 Å². The Morgan fingerprint density at radius 3 is 2.59 bits per heavy atom. The van der Waals surface area contributed by atoms with Gasteiger partial charge in [-0.3, -0.25) is 14.5 Å². The van der Waals surface area contributed by atoms with E-state index in [2.05, 4.69) is 10.9 Å². The number of allylic oxidation sites excluding steroid dienone is 1. The van der Waals surface area contributed by atoms with Crippen molar-refractivity contribution in [1.82, 2.24) is 10.3 Å². The zero-order valence-electron chi connectivity index (χ0n) is 12.9. The van der Waals surface area contributed by atoms with E-state index in [1.165, 1.54) is 12.1 Å². The van der Waals surface area contributed by atoms with Gasteiger partial charge in [-0.25, -0.2) is 4.39 Å². The molecule has 1 aliphatic heterocycles. The smallest absolute Gasteiger partial charge is 0.203 e. The quantitative estimate of drug-likeness (QED) is 0.493. The van der Waals surface area contributed by atoms with Crippen LogP contribution in [0.3, 0.4) is 0 Å². The molecule has 118 valence electrons. The van der Waals surface area contributed by atoms with Crippen molar-refractivity contribution in [2.45, 2.75) is 19.9 Å². The molecule has 2 atom stereocenters. The molecule has 0 radical (unpaired) electrons. The van der Waals surface area contributed by atoms with Crippen LogP contribution in [0.1, 0.15) is 13.8 Å². The zero-order valence-corrected chi connectivity index (χ0v) is 12.9. The fraction of sp³-hybridized carbons (Fsp3) is 0.375. The Hall–Kier alpha value is -2.21. The Morgan fingerprint density at radius 1 is 1.36 bits per heavy atom. The number of aldehydes is 1. The van der Waals surface area contributed by atoms with E-state index in [-0.39, 0.29) is 11.9 Å². The fourth-order valence-electron chi connectivity index (χ4n) is 2.67. The third-order valence-electron chi connectivity index (χ3n) is 4.12. The number of likely N-dealkylation sites (tertiary alicyclic amines) is 1. The predicted octanol–water partition coefficient (Wildman–Crippen LogP) is 1.73. The van der Waals surface area contributed by atoms with Gasteiger partial charge < -0.3 is 10.9 Å². The summed E-state index contributed by atoms with van der Waals surface area (Å²) in [6.07, 6.45) is 0.390. The van der Waals surface area contributed by atoms with E-state index in [0.29, 0.717) is 18.5 Å². The van der Waals surface area contributed by atoms with E-state index >= 15 is 0 Å². The number of ketones is 1. The number of nitrogens with one attached hydrogen (secondary N) is 2. The van der Waals surface area contributed by atoms with Crippen LogP contribution in [0.25, 0.3) is 0 Å². The number of hydrazine groups is 1. The molecule has 22 heavy (non-hydrogen) atoms. The average Bonchev–Trinajstić information content (AvgIpc) is 2.81. The molecule has 1 aliphatic rings. The van der Waals surface area contributed by atoms with Crippen molar-refractivity contribution >= 4 is 17.8 Å². The Morgan fingerprint density at radius 2 is 2.00 bits per heavy atom. The summed E-state index contributed by atoms with van der Waals surface area (Å²) in [7, 11) is 1.92. The van der Waals surface area contributed by atoms with Crippen LogP contribution < -0.4 is 10.9 Å². The lowest BCUT2D eigenvalue weighted by molar-refractivity contribution is -0.132. The number of halogens is 1. The summed E-state index contributed by atoms with van der Waals surface area (Å²) in [6, 6.07) is 5.91. The molecule has 0 aromatic heterocycles. The number of hydrogen-bond acceptors (Lipinski definition) is 5. The minimum atomic E-state index is -0.426. The predicted molar refractivity (Wildman–Crippen MR) is 82.5 cm³/mol. The van der Waals surface area contributed by atoms with E-state index in [1.807, 2.05) is 25.8 Å². The molecule has 1 fully saturated rings. The first-order valence-electron chi connectivity index (χ1n) is 7.10. The standard InChI is InChI=1S/C16H20FN3O2/c1-10(18-19-13-6-4-12(17)5-7-13)14-8-20(3)11(2)16(14)15(22)9-21/h4-7,9,11,16,18-19H,8H2,1-3H3. The van der Waals surface area contributed by atoms with Gasteiger partial charge in [0.25, 0.3) is 0 Å². The molecule has 5 nitrogen and oxygen atoms in total. The highest BCUT2D eigenvalue weighted by Gasteiger charge is 2.38. The highest BCUT2D eigenvalue weighted by Crippen LogP contribution is 2.30. The number of benzene rings is 1. The number of nitrogens with zero attached hydrogens (tertiary/aromatic N) is 1. The first-order chi connectivity index (χ1) is 10.4. The van der Waals surface area contributed by atoms with E-state index in [4.69, 9.17) is 0 Å². The molecule has 2 rings (SSSR count). The summed E-state index contributed by atoms with van der Waals surface area (Å²) in [5, 5.41) is 0. The molecule has 6 heteroatoms. The number of rotatable bonds is 5. The van der Waals surface area contributed by atoms with E-state index in [1.54, 1.807) is 12.1 Å². The minimum Gasteiger partial charge on any atom is -0.305 e. The van der Waals surface area contributed by atoms with Gasteiger partial charge in [-0.05, 0) is 50.7 Å². The van der Waals surface area contributed by atoms with Crippen LogP contribution in [0.15, 0.2) is 35.5 Å². The van der Waals surface area contributed by atoms with E-state index in [9.17, 15) is 14.0 Å². The zero-order chi connectivity index (χ0) is 16.3. The first kappa shape index (κ1) is 16.2. The summed E-state index contributed by atoms with van der Waals surface area (Å²) in [5.74, 6) is -1.14. The van der Waals surface area contributed by atoms with Gasteiger partial charge in [0.15, 0.2) is 6.29 Å². The molecular formula is C16H20FN3O2. The topological polar surface area (TPSA) is 61.4 Å². The lowest BCUT2D eigenvalue weighted by Crippen LogP contribution is -2.31. The molecule has 0 bridgehead atoms. The van der Waals surface area contributed by atoms with Crippen molar-refractivity contribution in [2.75, 3.05) is 19.0 Å². The molecule has 1 aromatic carbocycles. The third-order valence-corrected chi connectivity index (χ3v) is 4.12. The minimum absolute atomic E-state index is 0.0183. The van der Waals surface area contributed by atoms with E-state index < -0.39 is 11.7 Å². The second kappa shape index (κ2) is 6.70. The summed E-state index contributed by atoms with van der Waals surface area (Å²) >= 11 is 0. The van der Waals surface area contributed by atoms with Crippen molar-refractivity contribution in [3.05, 3.63) is 41.4 Å². The summed E-state index contributed by atoms with van der Waals surface area (Å²) in [6.45, 7) is 4.40. The molecule has 0 saturated carbocycles. The van der Waals surface area contributed by atoms with Crippen LogP contribution in [0, 0.1) is 11.7 Å². The van der Waals surface area contributed by atoms with Gasteiger partial charge >= 0.3 is 0 Å². The van der Waals surface area contributed by atoms with Gasteiger partial charge in [0.05, 0.1) is 11.6 Å². The summed E-state index contributed by atoms with van der Waals surface area (Å²) in [5.41, 5.74) is 8.38. The van der Waals surface area contributed by atoms with Crippen molar-refractivity contribution in [2.24, 2.45) is 5.92 Å². The number of carbonyl (C=O) groups is 2. The maximum Gasteiger partial charge on any atom is 0.203 e. The SMILES string of the molecule is CC(NNc1ccc(F)cc1)=C1CN(C)C(C)C1C(=O)C=O. The molecule has 2 unspecified atom stereocenters. The number of likely N-dealkylation sites (N-methyl/N-ethyl adjacent to an activating group) is 1. The number of carbonyl (C=O) groups excluding carboxylic acids is 2. The molecule has 1 aromatic rings. The monoisotopic (exact) mass is 305 g/mol. The van der Waals surface area contributed by atoms with Crippen LogP contribution in [0.2, 0.25) is 0 Å². The maximum absolute atomic E-state index is 12.9. The van der Waals surface area contributed by atoms with Crippen LogP contribution in [-0.4, -0.2) is 36.6 Å². The molecule has 2 N–H and O–H groups in total. The largest absolute Gasteiger partial charge is 0.305 e. The number of hydrogen-bond donors (Lipinski definition) is 2. The van der Waals surface area contributed by atoms with Crippen molar-refractivity contribution in [1.29, 1.82) is 0 Å². The van der Waals surface area contributed by atoms with Gasteiger partial charge in [0.1, 0.15) is 5.82 Å². The van der Waals surface area contributed by atoms with Crippen molar-refractivity contribution < 1.29 is 14.0 Å². The Balaban J connectivity index is 2.14. The van der Waals surface area contributed by atoms with Gasteiger partial charge in [-0.1, -0.05) is 0 Å². The first-order valence-corrected chi connectivity index (χ1v) is 7.10. The highest BCUT2D eigenvalue weighted by atomic mass is 19.1. The lowest BCUT2D eigenvalue weighted by Gasteiger charge is -2.18. The molecule has 1 saturated heterocycles. The number of Topliss-reactive ketones (excluding diaryl/α,β-unsaturated/α-hetero) is 1. The Labute approximate surface area is 129 Å². The third kappa shape index (κ3) is 3.33. The molecule has 0 spiro atoms. The maximum atomic E-state index is 12.9. The normalized spacial score (nSPS) is 24.0. The molecular weight excluding hydrogens is 285 g/mol. The van der Waals surface area contributed by atoms with Gasteiger partial charge in [0.2, 0.25) is 5.78 Å². The van der Waals surface area contributed by atoms with Gasteiger partial charge in [-0.2, -0.15) is 0 Å². The average molecular weight is 305 g/mol. The van der Waals surface area contributed by atoms with Crippen LogP contribution in [0.4, 0.5) is 10.1 Å². The number of anilines is 1. The second-order valence-electron chi connectivity index (χ2n) is 5.56. The molecule has 0 amide bonds. The summed E-state index contributed by atoms with van der Waals surface area (Å²) < 4.78 is 12.9. The van der Waals surface area contributed by atoms with Crippen LogP contribution in [-0.2, 0) is 9.59 Å². The van der Waals surface area contributed by atoms with Gasteiger partial charge in [0, 0.05) is 18.3 Å². The van der Waals surface area contributed by atoms with Crippen LogP contribution >= 0.6 is 0 Å². The van der Waals surface area contributed by atoms with Crippen molar-refractivity contribution in [3.63, 3.8) is 0 Å². The lowest BCUT2D eigenvalue weighted by atomic mass is 9.91.